The number of hydrogen-bond donors (Lipinski definition) is 3. The number of carbonyl (C=O) groups excluding carboxylic acids is 1. The number of nitrogens with zero attached hydrogens (tertiary/aromatic N) is 2. The van der Waals surface area contributed by atoms with E-state index < -0.39 is 6.10 Å². The molecule has 30 heavy (non-hydrogen) atoms. The van der Waals surface area contributed by atoms with Crippen molar-refractivity contribution in [3.05, 3.63) is 47.2 Å². The van der Waals surface area contributed by atoms with E-state index in [9.17, 15) is 15.0 Å². The van der Waals surface area contributed by atoms with Gasteiger partial charge in [-0.1, -0.05) is 24.3 Å². The lowest BCUT2D eigenvalue weighted by molar-refractivity contribution is -0.104. The highest BCUT2D eigenvalue weighted by molar-refractivity contribution is 5.80. The van der Waals surface area contributed by atoms with Crippen LogP contribution >= 0.6 is 0 Å². The lowest BCUT2D eigenvalue weighted by atomic mass is 9.94. The van der Waals surface area contributed by atoms with Crippen LogP contribution in [0, 0.1) is 0 Å². The van der Waals surface area contributed by atoms with E-state index in [1.165, 1.54) is 12.1 Å². The fourth-order valence-corrected chi connectivity index (χ4v) is 5.04. The Labute approximate surface area is 179 Å². The lowest BCUT2D eigenvalue weighted by Gasteiger charge is -2.34. The lowest BCUT2D eigenvalue weighted by Crippen LogP contribution is -2.44. The molecule has 4 aliphatic rings. The third-order valence-electron chi connectivity index (χ3n) is 6.90. The number of hydrogen-bond acceptors (Lipinski definition) is 6. The molecule has 6 heteroatoms. The van der Waals surface area contributed by atoms with Gasteiger partial charge in [-0.25, -0.2) is 0 Å². The highest BCUT2D eigenvalue weighted by Crippen LogP contribution is 2.25. The minimum Gasteiger partial charge on any atom is -0.393 e. The van der Waals surface area contributed by atoms with E-state index >= 15 is 0 Å². The van der Waals surface area contributed by atoms with E-state index in [2.05, 4.69) is 33.3 Å². The second-order valence-corrected chi connectivity index (χ2v) is 8.96. The fraction of sp³-hybridized carbons (Fsp3) is 0.625. The summed E-state index contributed by atoms with van der Waals surface area (Å²) in [5.74, 6) is 0. The Balaban J connectivity index is 1.20. The molecular weight excluding hydrogens is 378 g/mol. The number of likely N-dealkylation sites (tertiary alicyclic amines) is 2. The monoisotopic (exact) mass is 413 g/mol. The molecule has 164 valence electrons. The molecule has 2 heterocycles. The maximum absolute atomic E-state index is 11.2. The zero-order valence-corrected chi connectivity index (χ0v) is 17.7. The van der Waals surface area contributed by atoms with Crippen LogP contribution in [-0.2, 0) is 4.79 Å². The third kappa shape index (κ3) is 5.30. The van der Waals surface area contributed by atoms with Gasteiger partial charge in [0.05, 0.1) is 12.2 Å². The average molecular weight is 414 g/mol. The van der Waals surface area contributed by atoms with Gasteiger partial charge in [-0.3, -0.25) is 9.69 Å². The summed E-state index contributed by atoms with van der Waals surface area (Å²) in [5.41, 5.74) is 2.99. The van der Waals surface area contributed by atoms with Gasteiger partial charge in [-0.05, 0) is 56.7 Å². The summed E-state index contributed by atoms with van der Waals surface area (Å²) >= 11 is 0. The van der Waals surface area contributed by atoms with Crippen molar-refractivity contribution in [2.45, 2.75) is 62.8 Å². The first-order chi connectivity index (χ1) is 14.6. The Morgan fingerprint density at radius 3 is 2.67 bits per heavy atom. The molecule has 3 unspecified atom stereocenters. The predicted octanol–water partition coefficient (Wildman–Crippen LogP) is 1.53. The third-order valence-corrected chi connectivity index (χ3v) is 6.90. The molecule has 0 amide bonds. The largest absolute Gasteiger partial charge is 0.393 e. The van der Waals surface area contributed by atoms with Crippen molar-refractivity contribution < 1.29 is 15.0 Å². The van der Waals surface area contributed by atoms with E-state index in [0.29, 0.717) is 18.5 Å². The second kappa shape index (κ2) is 10.1. The van der Waals surface area contributed by atoms with Crippen LogP contribution < -0.4 is 5.32 Å². The van der Waals surface area contributed by atoms with Crippen LogP contribution in [-0.4, -0.2) is 83.3 Å². The molecule has 0 aromatic heterocycles. The Morgan fingerprint density at radius 2 is 1.93 bits per heavy atom. The summed E-state index contributed by atoms with van der Waals surface area (Å²) in [6.45, 7) is 5.02. The smallest absolute Gasteiger partial charge is 0.149 e. The van der Waals surface area contributed by atoms with Crippen LogP contribution in [0.2, 0.25) is 0 Å². The Hall–Kier alpha value is -1.73. The van der Waals surface area contributed by atoms with E-state index in [4.69, 9.17) is 0 Å². The maximum atomic E-state index is 11.2. The van der Waals surface area contributed by atoms with Crippen LogP contribution in [0.1, 0.15) is 38.5 Å². The summed E-state index contributed by atoms with van der Waals surface area (Å²) in [7, 11) is 0. The van der Waals surface area contributed by atoms with Crippen molar-refractivity contribution >= 4 is 6.29 Å². The van der Waals surface area contributed by atoms with Gasteiger partial charge in [0.15, 0.2) is 0 Å². The van der Waals surface area contributed by atoms with Crippen molar-refractivity contribution in [3.8, 4) is 0 Å². The first kappa shape index (κ1) is 21.5. The molecule has 6 nitrogen and oxygen atoms in total. The first-order valence-electron chi connectivity index (χ1n) is 11.5. The highest BCUT2D eigenvalue weighted by atomic mass is 16.3. The number of nitrogens with one attached hydrogen (secondary N) is 1. The van der Waals surface area contributed by atoms with E-state index in [0.717, 1.165) is 75.8 Å². The van der Waals surface area contributed by atoms with Gasteiger partial charge in [0.25, 0.3) is 0 Å². The van der Waals surface area contributed by atoms with Crippen LogP contribution in [0.5, 0.6) is 0 Å². The van der Waals surface area contributed by atoms with E-state index in [1.807, 2.05) is 12.2 Å². The van der Waals surface area contributed by atoms with Gasteiger partial charge < -0.3 is 20.4 Å². The molecule has 0 saturated carbocycles. The number of rotatable bonds is 7. The molecule has 0 aromatic carbocycles. The summed E-state index contributed by atoms with van der Waals surface area (Å²) in [4.78, 5) is 16.2. The second-order valence-electron chi connectivity index (χ2n) is 8.96. The van der Waals surface area contributed by atoms with Crippen LogP contribution in [0.3, 0.4) is 0 Å². The Bertz CT molecular complexity index is 734. The van der Waals surface area contributed by atoms with Crippen LogP contribution in [0.25, 0.3) is 0 Å². The highest BCUT2D eigenvalue weighted by Gasteiger charge is 2.30. The minimum atomic E-state index is -0.469. The van der Waals surface area contributed by atoms with Gasteiger partial charge in [-0.2, -0.15) is 0 Å². The summed E-state index contributed by atoms with van der Waals surface area (Å²) in [6, 6.07) is 0.926. The van der Waals surface area contributed by atoms with Crippen LogP contribution in [0.4, 0.5) is 0 Å². The molecule has 3 N–H and O–H groups in total. The molecule has 2 aliphatic carbocycles. The Kier molecular flexibility index (Phi) is 7.20. The number of piperidine rings is 1. The fourth-order valence-electron chi connectivity index (χ4n) is 5.04. The normalized spacial score (nSPS) is 30.8. The zero-order chi connectivity index (χ0) is 20.9. The van der Waals surface area contributed by atoms with Gasteiger partial charge in [0, 0.05) is 49.5 Å². The predicted molar refractivity (Wildman–Crippen MR) is 118 cm³/mol. The SMILES string of the molecule is O=CC1=CCC(O)C=C1CCNC1C=CC(N2CCC(N3CCC(O)CC3)C2)=CC1. The van der Waals surface area contributed by atoms with Crippen molar-refractivity contribution in [1.29, 1.82) is 0 Å². The Morgan fingerprint density at radius 1 is 1.10 bits per heavy atom. The van der Waals surface area contributed by atoms with Gasteiger partial charge in [-0.15, -0.1) is 0 Å². The van der Waals surface area contributed by atoms with Gasteiger partial charge >= 0.3 is 0 Å². The molecule has 0 spiro atoms. The van der Waals surface area contributed by atoms with Crippen molar-refractivity contribution in [1.82, 2.24) is 15.1 Å². The van der Waals surface area contributed by atoms with Crippen molar-refractivity contribution in [2.24, 2.45) is 0 Å². The summed E-state index contributed by atoms with van der Waals surface area (Å²) in [5, 5.41) is 23.1. The molecule has 0 radical (unpaired) electrons. The molecule has 0 bridgehead atoms. The first-order valence-corrected chi connectivity index (χ1v) is 11.5. The van der Waals surface area contributed by atoms with Crippen molar-refractivity contribution in [3.63, 3.8) is 0 Å². The molecule has 2 saturated heterocycles. The van der Waals surface area contributed by atoms with E-state index in [-0.39, 0.29) is 6.10 Å². The van der Waals surface area contributed by atoms with Gasteiger partial charge in [0.2, 0.25) is 0 Å². The molecule has 0 aromatic rings. The van der Waals surface area contributed by atoms with E-state index in [1.54, 1.807) is 0 Å². The summed E-state index contributed by atoms with van der Waals surface area (Å²) in [6.07, 6.45) is 16.1. The standard InChI is InChI=1S/C24H35N3O3/c28-17-19-1-6-24(30)15-18(19)7-11-25-20-2-4-21(5-3-20)27-12-8-22(16-27)26-13-9-23(29)10-14-26/h1-2,4-5,15,17,20,22-25,29-30H,3,6-14,16H2. The van der Waals surface area contributed by atoms with Crippen LogP contribution in [0.15, 0.2) is 47.2 Å². The topological polar surface area (TPSA) is 76.0 Å². The number of aldehydes is 1. The maximum Gasteiger partial charge on any atom is 0.149 e. The number of allylic oxidation sites excluding steroid dienone is 2. The molecule has 4 rings (SSSR count). The summed E-state index contributed by atoms with van der Waals surface area (Å²) < 4.78 is 0. The molecule has 3 atom stereocenters. The average Bonchev–Trinajstić information content (AvgIpc) is 3.25. The van der Waals surface area contributed by atoms with Crippen molar-refractivity contribution in [2.75, 3.05) is 32.7 Å². The molecule has 2 aliphatic heterocycles. The number of aliphatic hydroxyl groups excluding tert-OH is 2. The molecular formula is C24H35N3O3. The number of carbonyl (C=O) groups is 1. The number of aliphatic hydroxyl groups is 2. The van der Waals surface area contributed by atoms with Gasteiger partial charge in [0.1, 0.15) is 6.29 Å². The quantitative estimate of drug-likeness (QED) is 0.550. The zero-order valence-electron chi connectivity index (χ0n) is 17.7. The minimum absolute atomic E-state index is 0.104. The molecule has 2 fully saturated rings.